The Kier molecular flexibility index (Phi) is 6.55. The molecule has 1 aliphatic carbocycles. The second kappa shape index (κ2) is 8.91. The fourth-order valence-electron chi connectivity index (χ4n) is 2.91. The molecule has 2 N–H and O–H groups in total. The van der Waals surface area contributed by atoms with Crippen LogP contribution in [0.5, 0.6) is 5.75 Å². The second-order valence-electron chi connectivity index (χ2n) is 7.36. The Bertz CT molecular complexity index is 805. The fourth-order valence-corrected chi connectivity index (χ4v) is 4.24. The Morgan fingerprint density at radius 1 is 1.32 bits per heavy atom. The zero-order valence-electron chi connectivity index (χ0n) is 16.0. The van der Waals surface area contributed by atoms with Gasteiger partial charge in [-0.2, -0.15) is 9.82 Å². The normalized spacial score (nSPS) is 18.4. The van der Waals surface area contributed by atoms with Gasteiger partial charge in [-0.15, -0.1) is 0 Å². The van der Waals surface area contributed by atoms with Crippen LogP contribution in [0.2, 0.25) is 0 Å². The number of hydrogen-bond acceptors (Lipinski definition) is 6. The molecule has 1 aliphatic heterocycles. The summed E-state index contributed by atoms with van der Waals surface area (Å²) in [7, 11) is -3.45. The highest BCUT2D eigenvalue weighted by molar-refractivity contribution is 7.89. The van der Waals surface area contributed by atoms with Gasteiger partial charge in [-0.3, -0.25) is 14.8 Å². The molecular formula is C17H27N5O5S. The van der Waals surface area contributed by atoms with Crippen molar-refractivity contribution in [2.75, 3.05) is 25.4 Å². The van der Waals surface area contributed by atoms with Gasteiger partial charge in [0.25, 0.3) is 0 Å². The molecule has 1 unspecified atom stereocenters. The Labute approximate surface area is 164 Å². The third kappa shape index (κ3) is 6.20. The van der Waals surface area contributed by atoms with E-state index in [0.717, 1.165) is 0 Å². The summed E-state index contributed by atoms with van der Waals surface area (Å²) in [6.07, 6.45) is 6.94. The maximum Gasteiger partial charge on any atom is 0.324 e. The van der Waals surface area contributed by atoms with Crippen molar-refractivity contribution in [1.82, 2.24) is 24.7 Å². The van der Waals surface area contributed by atoms with Crippen LogP contribution < -0.4 is 14.8 Å². The van der Waals surface area contributed by atoms with E-state index in [1.165, 1.54) is 22.4 Å². The highest BCUT2D eigenvalue weighted by Crippen LogP contribution is 2.29. The Hall–Kier alpha value is -2.14. The zero-order valence-corrected chi connectivity index (χ0v) is 16.8. The number of urea groups is 1. The van der Waals surface area contributed by atoms with Crippen molar-refractivity contribution >= 4 is 22.0 Å². The number of imide groups is 1. The number of ether oxygens (including phenoxy) is 1. The van der Waals surface area contributed by atoms with E-state index in [1.54, 1.807) is 19.3 Å². The van der Waals surface area contributed by atoms with Crippen LogP contribution in [0.15, 0.2) is 12.4 Å². The first-order valence-electron chi connectivity index (χ1n) is 9.58. The van der Waals surface area contributed by atoms with Crippen LogP contribution in [-0.2, 0) is 14.8 Å². The SMILES string of the molecule is CC(NS(=O)(=O)CCCCCN1CC(=O)NC1=O)n1cc(OCC2CC2)cn1. The Morgan fingerprint density at radius 2 is 2.11 bits per heavy atom. The molecule has 2 heterocycles. The van der Waals surface area contributed by atoms with Crippen molar-refractivity contribution in [3.8, 4) is 5.75 Å². The molecule has 11 heteroatoms. The van der Waals surface area contributed by atoms with Gasteiger partial charge >= 0.3 is 6.03 Å². The highest BCUT2D eigenvalue weighted by Gasteiger charge is 2.26. The van der Waals surface area contributed by atoms with Gasteiger partial charge in [-0.1, -0.05) is 6.42 Å². The van der Waals surface area contributed by atoms with Crippen LogP contribution in [0.1, 0.15) is 45.2 Å². The summed E-state index contributed by atoms with van der Waals surface area (Å²) in [5, 5.41) is 6.37. The first-order chi connectivity index (χ1) is 13.3. The van der Waals surface area contributed by atoms with Crippen molar-refractivity contribution in [3.63, 3.8) is 0 Å². The molecule has 156 valence electrons. The van der Waals surface area contributed by atoms with Gasteiger partial charge in [0.15, 0.2) is 5.75 Å². The van der Waals surface area contributed by atoms with Crippen molar-refractivity contribution in [3.05, 3.63) is 12.4 Å². The van der Waals surface area contributed by atoms with E-state index in [4.69, 9.17) is 4.74 Å². The number of sulfonamides is 1. The minimum Gasteiger partial charge on any atom is -0.490 e. The molecule has 1 saturated heterocycles. The molecule has 1 aromatic heterocycles. The van der Waals surface area contributed by atoms with E-state index in [2.05, 4.69) is 15.1 Å². The quantitative estimate of drug-likeness (QED) is 0.387. The molecule has 1 saturated carbocycles. The van der Waals surface area contributed by atoms with Crippen LogP contribution in [0.3, 0.4) is 0 Å². The lowest BCUT2D eigenvalue weighted by molar-refractivity contribution is -0.118. The highest BCUT2D eigenvalue weighted by atomic mass is 32.2. The number of amides is 3. The lowest BCUT2D eigenvalue weighted by Crippen LogP contribution is -2.32. The molecule has 2 fully saturated rings. The largest absolute Gasteiger partial charge is 0.490 e. The van der Waals surface area contributed by atoms with Crippen LogP contribution in [0.4, 0.5) is 4.79 Å². The molecule has 0 radical (unpaired) electrons. The fraction of sp³-hybridized carbons (Fsp3) is 0.706. The lowest BCUT2D eigenvalue weighted by atomic mass is 10.2. The van der Waals surface area contributed by atoms with E-state index in [9.17, 15) is 18.0 Å². The van der Waals surface area contributed by atoms with Gasteiger partial charge < -0.3 is 9.64 Å². The molecule has 1 atom stereocenters. The summed E-state index contributed by atoms with van der Waals surface area (Å²) >= 11 is 0. The van der Waals surface area contributed by atoms with Crippen LogP contribution in [-0.4, -0.2) is 60.5 Å². The maximum absolute atomic E-state index is 12.3. The molecule has 3 amide bonds. The molecule has 28 heavy (non-hydrogen) atoms. The summed E-state index contributed by atoms with van der Waals surface area (Å²) in [4.78, 5) is 23.9. The molecule has 2 aliphatic rings. The Balaban J connectivity index is 1.34. The van der Waals surface area contributed by atoms with Crippen LogP contribution >= 0.6 is 0 Å². The lowest BCUT2D eigenvalue weighted by Gasteiger charge is -2.15. The van der Waals surface area contributed by atoms with E-state index >= 15 is 0 Å². The summed E-state index contributed by atoms with van der Waals surface area (Å²) in [6, 6.07) is -0.382. The summed E-state index contributed by atoms with van der Waals surface area (Å²) < 4.78 is 34.3. The number of unbranched alkanes of at least 4 members (excludes halogenated alkanes) is 2. The zero-order chi connectivity index (χ0) is 20.1. The van der Waals surface area contributed by atoms with Crippen molar-refractivity contribution in [1.29, 1.82) is 0 Å². The van der Waals surface area contributed by atoms with E-state index in [1.807, 2.05) is 0 Å². The summed E-state index contributed by atoms with van der Waals surface area (Å²) in [5.74, 6) is 0.974. The van der Waals surface area contributed by atoms with Gasteiger partial charge in [0.2, 0.25) is 15.9 Å². The number of carbonyl (C=O) groups is 2. The predicted molar refractivity (Wildman–Crippen MR) is 101 cm³/mol. The molecular weight excluding hydrogens is 386 g/mol. The number of hydrogen-bond donors (Lipinski definition) is 2. The van der Waals surface area contributed by atoms with E-state index in [-0.39, 0.29) is 24.2 Å². The maximum atomic E-state index is 12.3. The van der Waals surface area contributed by atoms with Crippen molar-refractivity contribution in [2.24, 2.45) is 5.92 Å². The molecule has 3 rings (SSSR count). The Morgan fingerprint density at radius 3 is 2.79 bits per heavy atom. The first-order valence-corrected chi connectivity index (χ1v) is 11.2. The minimum atomic E-state index is -3.45. The molecule has 0 aromatic carbocycles. The van der Waals surface area contributed by atoms with E-state index < -0.39 is 16.2 Å². The summed E-state index contributed by atoms with van der Waals surface area (Å²) in [6.45, 7) is 2.92. The topological polar surface area (TPSA) is 123 Å². The number of carbonyl (C=O) groups excluding carboxylic acids is 2. The second-order valence-corrected chi connectivity index (χ2v) is 9.23. The van der Waals surface area contributed by atoms with Gasteiger partial charge in [0.1, 0.15) is 12.7 Å². The third-order valence-corrected chi connectivity index (χ3v) is 6.24. The van der Waals surface area contributed by atoms with Crippen LogP contribution in [0.25, 0.3) is 0 Å². The standard InChI is InChI=1S/C17H27N5O5S/c1-13(22-10-15(9-18-22)27-12-14-5-6-14)20-28(25,26)8-4-2-3-7-21-11-16(23)19-17(21)24/h9-10,13-14,20H,2-8,11-12H2,1H3,(H,19,23,24). The smallest absolute Gasteiger partial charge is 0.324 e. The average molecular weight is 414 g/mol. The number of nitrogens with zero attached hydrogens (tertiary/aromatic N) is 3. The van der Waals surface area contributed by atoms with Crippen LogP contribution in [0, 0.1) is 5.92 Å². The monoisotopic (exact) mass is 413 g/mol. The number of rotatable bonds is 12. The molecule has 0 spiro atoms. The van der Waals surface area contributed by atoms with Crippen molar-refractivity contribution in [2.45, 2.75) is 45.2 Å². The first kappa shape index (κ1) is 20.6. The van der Waals surface area contributed by atoms with Gasteiger partial charge in [0.05, 0.1) is 24.8 Å². The van der Waals surface area contributed by atoms with E-state index in [0.29, 0.717) is 44.1 Å². The third-order valence-electron chi connectivity index (χ3n) is 4.72. The van der Waals surface area contributed by atoms with Gasteiger partial charge in [0, 0.05) is 6.54 Å². The predicted octanol–water partition coefficient (Wildman–Crippen LogP) is 0.832. The van der Waals surface area contributed by atoms with Gasteiger partial charge in [-0.25, -0.2) is 13.2 Å². The number of nitrogens with one attached hydrogen (secondary N) is 2. The van der Waals surface area contributed by atoms with Gasteiger partial charge in [-0.05, 0) is 38.5 Å². The molecule has 0 bridgehead atoms. The average Bonchev–Trinajstić information content (AvgIpc) is 3.23. The van der Waals surface area contributed by atoms with Crippen molar-refractivity contribution < 1.29 is 22.7 Å². The number of aromatic nitrogens is 2. The summed E-state index contributed by atoms with van der Waals surface area (Å²) in [5.41, 5.74) is 0. The minimum absolute atomic E-state index is 0.00519. The molecule has 1 aromatic rings. The molecule has 10 nitrogen and oxygen atoms in total.